The number of nitrogens with one attached hydrogen (secondary N) is 1. The molecule has 0 radical (unpaired) electrons. The molecule has 0 spiro atoms. The van der Waals surface area contributed by atoms with Crippen LogP contribution in [-0.2, 0) is 17.8 Å². The Morgan fingerprint density at radius 1 is 1.19 bits per heavy atom. The molecule has 0 aliphatic carbocycles. The molecule has 31 heavy (non-hydrogen) atoms. The minimum absolute atomic E-state index is 0.171. The van der Waals surface area contributed by atoms with E-state index in [4.69, 9.17) is 4.74 Å². The summed E-state index contributed by atoms with van der Waals surface area (Å²) in [6, 6.07) is 5.85. The first-order valence-corrected chi connectivity index (χ1v) is 11.8. The van der Waals surface area contributed by atoms with E-state index < -0.39 is 6.10 Å². The Morgan fingerprint density at radius 3 is 2.58 bits per heavy atom. The Balaban J connectivity index is 1.67. The smallest absolute Gasteiger partial charge is 0.236 e. The predicted molar refractivity (Wildman–Crippen MR) is 119 cm³/mol. The molecule has 1 N–H and O–H groups in total. The van der Waals surface area contributed by atoms with E-state index in [9.17, 15) is 9.18 Å². The highest BCUT2D eigenvalue weighted by Gasteiger charge is 2.21. The first kappa shape index (κ1) is 23.1. The monoisotopic (exact) mass is 464 g/mol. The molecule has 0 saturated carbocycles. The van der Waals surface area contributed by atoms with Crippen molar-refractivity contribution in [3.05, 3.63) is 40.9 Å². The van der Waals surface area contributed by atoms with Crippen LogP contribution in [0.25, 0.3) is 0 Å². The number of nitrogens with zero attached hydrogens (tertiary/aromatic N) is 5. The van der Waals surface area contributed by atoms with Crippen LogP contribution in [0.5, 0.6) is 5.75 Å². The van der Waals surface area contributed by atoms with Crippen LogP contribution in [0.2, 0.25) is 0 Å². The van der Waals surface area contributed by atoms with E-state index in [0.29, 0.717) is 34.3 Å². The van der Waals surface area contributed by atoms with Gasteiger partial charge in [-0.1, -0.05) is 43.9 Å². The standard InChI is InChI=1S/C20H25FN6O2S2/c1-5-17-23-25-19(31-17)22-16(28)11-30-20-26-24-18(27(20)10-12(2)3)13(4)29-15-8-6-14(21)7-9-15/h6-9,12-13H,5,10-11H2,1-4H3,(H,22,25,28). The van der Waals surface area contributed by atoms with Crippen molar-refractivity contribution in [3.63, 3.8) is 0 Å². The second-order valence-electron chi connectivity index (χ2n) is 7.25. The number of hydrogen-bond donors (Lipinski definition) is 1. The molecular formula is C20H25FN6O2S2. The molecule has 8 nitrogen and oxygen atoms in total. The molecule has 3 rings (SSSR count). The van der Waals surface area contributed by atoms with Crippen molar-refractivity contribution in [1.82, 2.24) is 25.0 Å². The maximum Gasteiger partial charge on any atom is 0.236 e. The molecule has 0 aliphatic heterocycles. The molecule has 166 valence electrons. The minimum atomic E-state index is -0.395. The summed E-state index contributed by atoms with van der Waals surface area (Å²) in [6.45, 7) is 8.72. The maximum absolute atomic E-state index is 13.1. The summed E-state index contributed by atoms with van der Waals surface area (Å²) in [5.41, 5.74) is 0. The molecule has 0 saturated heterocycles. The zero-order valence-corrected chi connectivity index (χ0v) is 19.5. The lowest BCUT2D eigenvalue weighted by Gasteiger charge is -2.17. The number of hydrogen-bond acceptors (Lipinski definition) is 8. The largest absolute Gasteiger partial charge is 0.483 e. The summed E-state index contributed by atoms with van der Waals surface area (Å²) < 4.78 is 21.0. The molecule has 0 aliphatic rings. The normalized spacial score (nSPS) is 12.2. The van der Waals surface area contributed by atoms with Crippen LogP contribution in [0.4, 0.5) is 9.52 Å². The fourth-order valence-electron chi connectivity index (χ4n) is 2.75. The Labute approximate surface area is 188 Å². The maximum atomic E-state index is 13.1. The Hall–Kier alpha value is -2.53. The van der Waals surface area contributed by atoms with E-state index in [0.717, 1.165) is 11.4 Å². The Bertz CT molecular complexity index is 1010. The topological polar surface area (TPSA) is 94.8 Å². The van der Waals surface area contributed by atoms with Crippen molar-refractivity contribution in [2.24, 2.45) is 5.92 Å². The zero-order chi connectivity index (χ0) is 22.4. The van der Waals surface area contributed by atoms with E-state index >= 15 is 0 Å². The van der Waals surface area contributed by atoms with E-state index in [1.165, 1.54) is 35.2 Å². The van der Waals surface area contributed by atoms with Crippen molar-refractivity contribution >= 4 is 34.1 Å². The molecular weight excluding hydrogens is 439 g/mol. The fourth-order valence-corrected chi connectivity index (χ4v) is 4.20. The lowest BCUT2D eigenvalue weighted by molar-refractivity contribution is -0.113. The van der Waals surface area contributed by atoms with Gasteiger partial charge >= 0.3 is 0 Å². The van der Waals surface area contributed by atoms with Crippen molar-refractivity contribution in [2.75, 3.05) is 11.1 Å². The number of thioether (sulfide) groups is 1. The first-order valence-electron chi connectivity index (χ1n) is 9.96. The number of amides is 1. The third-order valence-corrected chi connectivity index (χ3v) is 6.08. The Kier molecular flexibility index (Phi) is 7.97. The van der Waals surface area contributed by atoms with E-state index in [2.05, 4.69) is 39.6 Å². The molecule has 1 atom stereocenters. The molecule has 1 aromatic carbocycles. The Morgan fingerprint density at radius 2 is 1.94 bits per heavy atom. The number of carbonyl (C=O) groups is 1. The zero-order valence-electron chi connectivity index (χ0n) is 17.8. The average molecular weight is 465 g/mol. The van der Waals surface area contributed by atoms with Gasteiger partial charge in [0.25, 0.3) is 0 Å². The number of aromatic nitrogens is 5. The highest BCUT2D eigenvalue weighted by molar-refractivity contribution is 7.99. The fraction of sp³-hybridized carbons (Fsp3) is 0.450. The van der Waals surface area contributed by atoms with Gasteiger partial charge in [0.1, 0.15) is 16.6 Å². The molecule has 2 aromatic heterocycles. The minimum Gasteiger partial charge on any atom is -0.483 e. The summed E-state index contributed by atoms with van der Waals surface area (Å²) in [5, 5.41) is 21.3. The van der Waals surface area contributed by atoms with Gasteiger partial charge in [-0.2, -0.15) is 0 Å². The molecule has 3 aromatic rings. The molecule has 1 amide bonds. The van der Waals surface area contributed by atoms with Crippen LogP contribution in [0, 0.1) is 11.7 Å². The summed E-state index contributed by atoms with van der Waals surface area (Å²) in [4.78, 5) is 12.3. The second-order valence-corrected chi connectivity index (χ2v) is 9.26. The lowest BCUT2D eigenvalue weighted by Crippen LogP contribution is -2.17. The van der Waals surface area contributed by atoms with Crippen LogP contribution in [0.3, 0.4) is 0 Å². The van der Waals surface area contributed by atoms with Gasteiger partial charge in [0.05, 0.1) is 5.75 Å². The van der Waals surface area contributed by atoms with Crippen LogP contribution in [0.1, 0.15) is 44.6 Å². The summed E-state index contributed by atoms with van der Waals surface area (Å²) >= 11 is 2.67. The molecule has 0 fully saturated rings. The first-order chi connectivity index (χ1) is 14.9. The number of aryl methyl sites for hydroxylation is 1. The number of ether oxygens (including phenoxy) is 1. The van der Waals surface area contributed by atoms with Crippen molar-refractivity contribution in [2.45, 2.75) is 51.9 Å². The van der Waals surface area contributed by atoms with E-state index in [-0.39, 0.29) is 17.5 Å². The molecule has 0 bridgehead atoms. The number of halogens is 1. The van der Waals surface area contributed by atoms with Gasteiger partial charge in [0.2, 0.25) is 11.0 Å². The predicted octanol–water partition coefficient (Wildman–Crippen LogP) is 4.36. The summed E-state index contributed by atoms with van der Waals surface area (Å²) in [5.74, 6) is 1.21. The summed E-state index contributed by atoms with van der Waals surface area (Å²) in [6.07, 6.45) is 0.385. The van der Waals surface area contributed by atoms with Crippen molar-refractivity contribution in [3.8, 4) is 5.75 Å². The van der Waals surface area contributed by atoms with Gasteiger partial charge in [-0.05, 0) is 43.5 Å². The molecule has 2 heterocycles. The second kappa shape index (κ2) is 10.7. The van der Waals surface area contributed by atoms with Gasteiger partial charge in [0, 0.05) is 6.54 Å². The quantitative estimate of drug-likeness (QED) is 0.446. The number of anilines is 1. The van der Waals surface area contributed by atoms with Crippen LogP contribution >= 0.6 is 23.1 Å². The molecule has 1 unspecified atom stereocenters. The highest BCUT2D eigenvalue weighted by Crippen LogP contribution is 2.26. The average Bonchev–Trinajstić information content (AvgIpc) is 3.34. The number of carbonyl (C=O) groups excluding carboxylic acids is 1. The SMILES string of the molecule is CCc1nnc(NC(=O)CSc2nnc(C(C)Oc3ccc(F)cc3)n2CC(C)C)s1. The highest BCUT2D eigenvalue weighted by atomic mass is 32.2. The van der Waals surface area contributed by atoms with Gasteiger partial charge < -0.3 is 9.30 Å². The third kappa shape index (κ3) is 6.47. The van der Waals surface area contributed by atoms with Crippen molar-refractivity contribution in [1.29, 1.82) is 0 Å². The van der Waals surface area contributed by atoms with Gasteiger partial charge in [-0.15, -0.1) is 20.4 Å². The van der Waals surface area contributed by atoms with Crippen LogP contribution < -0.4 is 10.1 Å². The van der Waals surface area contributed by atoms with Crippen LogP contribution in [0.15, 0.2) is 29.4 Å². The van der Waals surface area contributed by atoms with Crippen LogP contribution in [-0.4, -0.2) is 36.6 Å². The lowest BCUT2D eigenvalue weighted by atomic mass is 10.2. The number of rotatable bonds is 10. The number of benzene rings is 1. The van der Waals surface area contributed by atoms with Gasteiger partial charge in [-0.25, -0.2) is 4.39 Å². The summed E-state index contributed by atoms with van der Waals surface area (Å²) in [7, 11) is 0. The van der Waals surface area contributed by atoms with E-state index in [1.807, 2.05) is 18.4 Å². The third-order valence-electron chi connectivity index (χ3n) is 4.13. The van der Waals surface area contributed by atoms with Crippen molar-refractivity contribution < 1.29 is 13.9 Å². The molecule has 11 heteroatoms. The van der Waals surface area contributed by atoms with Gasteiger partial charge in [0.15, 0.2) is 17.1 Å². The van der Waals surface area contributed by atoms with Gasteiger partial charge in [-0.3, -0.25) is 10.1 Å². The van der Waals surface area contributed by atoms with E-state index in [1.54, 1.807) is 12.1 Å².